The van der Waals surface area contributed by atoms with Gasteiger partial charge in [0.1, 0.15) is 0 Å². The van der Waals surface area contributed by atoms with Crippen LogP contribution in [-0.2, 0) is 0 Å². The molecule has 0 unspecified atom stereocenters. The molecule has 2 aromatic carbocycles. The van der Waals surface area contributed by atoms with E-state index in [0.29, 0.717) is 5.56 Å². The summed E-state index contributed by atoms with van der Waals surface area (Å²) in [6.45, 7) is 0. The van der Waals surface area contributed by atoms with Crippen LogP contribution < -0.4 is 0 Å². The topological polar surface area (TPSA) is 43.1 Å². The van der Waals surface area contributed by atoms with E-state index >= 15 is 0 Å². The van der Waals surface area contributed by atoms with Gasteiger partial charge in [-0.1, -0.05) is 46.3 Å². The highest BCUT2D eigenvalue weighted by atomic mass is 79.9. The van der Waals surface area contributed by atoms with Crippen molar-refractivity contribution in [2.45, 2.75) is 0 Å². The Morgan fingerprint density at radius 2 is 1.83 bits per heavy atom. The number of benzene rings is 2. The van der Waals surface area contributed by atoms with Crippen LogP contribution in [0.2, 0.25) is 0 Å². The number of nitro groups is 1. The molecule has 0 saturated heterocycles. The minimum Gasteiger partial charge on any atom is -0.258 e. The summed E-state index contributed by atoms with van der Waals surface area (Å²) in [6.07, 6.45) is 1.57. The van der Waals surface area contributed by atoms with Gasteiger partial charge in [0.25, 0.3) is 5.70 Å². The van der Waals surface area contributed by atoms with Crippen molar-refractivity contribution in [3.63, 3.8) is 0 Å². The lowest BCUT2D eigenvalue weighted by atomic mass is 10.1. The van der Waals surface area contributed by atoms with Crippen molar-refractivity contribution >= 4 is 27.7 Å². The summed E-state index contributed by atoms with van der Waals surface area (Å²) in [5.74, 6) is 0. The molecule has 18 heavy (non-hydrogen) atoms. The summed E-state index contributed by atoms with van der Waals surface area (Å²) in [7, 11) is 0. The van der Waals surface area contributed by atoms with Gasteiger partial charge in [0.05, 0.1) is 10.5 Å². The first kappa shape index (κ1) is 12.5. The van der Waals surface area contributed by atoms with Crippen LogP contribution in [-0.4, -0.2) is 4.92 Å². The van der Waals surface area contributed by atoms with Gasteiger partial charge in [-0.25, -0.2) is 0 Å². The lowest BCUT2D eigenvalue weighted by molar-refractivity contribution is -0.374. The van der Waals surface area contributed by atoms with E-state index in [1.165, 1.54) is 0 Å². The summed E-state index contributed by atoms with van der Waals surface area (Å²) in [5.41, 5.74) is 1.48. The molecule has 4 heteroatoms. The molecular weight excluding hydrogens is 294 g/mol. The largest absolute Gasteiger partial charge is 0.277 e. The van der Waals surface area contributed by atoms with Crippen molar-refractivity contribution in [3.05, 3.63) is 80.3 Å². The third-order valence-corrected chi connectivity index (χ3v) is 2.91. The Morgan fingerprint density at radius 3 is 2.44 bits per heavy atom. The molecular formula is C14H10BrNO2. The SMILES string of the molecule is O=[N+]([O-])C(=Cc1cccc(Br)c1)c1ccccc1. The molecule has 2 aromatic rings. The third-order valence-electron chi connectivity index (χ3n) is 2.42. The normalized spacial score (nSPS) is 11.3. The molecule has 3 nitrogen and oxygen atoms in total. The van der Waals surface area contributed by atoms with Crippen LogP contribution in [0.4, 0.5) is 0 Å². The Hall–Kier alpha value is -1.94. The van der Waals surface area contributed by atoms with Gasteiger partial charge < -0.3 is 0 Å². The minimum atomic E-state index is -0.365. The zero-order chi connectivity index (χ0) is 13.0. The second kappa shape index (κ2) is 5.60. The summed E-state index contributed by atoms with van der Waals surface area (Å²) in [4.78, 5) is 10.7. The average molecular weight is 304 g/mol. The Balaban J connectivity index is 2.46. The van der Waals surface area contributed by atoms with Crippen molar-refractivity contribution in [1.29, 1.82) is 0 Å². The fourth-order valence-electron chi connectivity index (χ4n) is 1.60. The van der Waals surface area contributed by atoms with E-state index < -0.39 is 0 Å². The highest BCUT2D eigenvalue weighted by Gasteiger charge is 2.13. The smallest absolute Gasteiger partial charge is 0.258 e. The fourth-order valence-corrected chi connectivity index (χ4v) is 2.02. The molecule has 0 aliphatic carbocycles. The first-order valence-corrected chi connectivity index (χ1v) is 6.13. The van der Waals surface area contributed by atoms with Crippen LogP contribution in [0.15, 0.2) is 59.1 Å². The van der Waals surface area contributed by atoms with Crippen LogP contribution in [0, 0.1) is 10.1 Å². The predicted octanol–water partition coefficient (Wildman–Crippen LogP) is 4.22. The second-order valence-corrected chi connectivity index (χ2v) is 4.62. The van der Waals surface area contributed by atoms with Crippen LogP contribution in [0.5, 0.6) is 0 Å². The maximum atomic E-state index is 11.1. The summed E-state index contributed by atoms with van der Waals surface area (Å²) in [5, 5.41) is 11.1. The Bertz CT molecular complexity index is 594. The van der Waals surface area contributed by atoms with E-state index in [0.717, 1.165) is 10.0 Å². The molecule has 0 bridgehead atoms. The minimum absolute atomic E-state index is 0.0914. The fraction of sp³-hybridized carbons (Fsp3) is 0. The summed E-state index contributed by atoms with van der Waals surface area (Å²) < 4.78 is 0.895. The first-order valence-electron chi connectivity index (χ1n) is 5.34. The first-order chi connectivity index (χ1) is 8.66. The van der Waals surface area contributed by atoms with Gasteiger partial charge in [-0.3, -0.25) is 10.1 Å². The van der Waals surface area contributed by atoms with Crippen molar-refractivity contribution < 1.29 is 4.92 Å². The Morgan fingerprint density at radius 1 is 1.11 bits per heavy atom. The molecule has 0 radical (unpaired) electrons. The monoisotopic (exact) mass is 303 g/mol. The molecule has 0 spiro atoms. The van der Waals surface area contributed by atoms with Gasteiger partial charge >= 0.3 is 0 Å². The average Bonchev–Trinajstić information content (AvgIpc) is 2.37. The maximum Gasteiger partial charge on any atom is 0.277 e. The molecule has 0 fully saturated rings. The zero-order valence-electron chi connectivity index (χ0n) is 9.42. The quantitative estimate of drug-likeness (QED) is 0.484. The molecule has 0 aliphatic rings. The van der Waals surface area contributed by atoms with E-state index in [4.69, 9.17) is 0 Å². The lowest BCUT2D eigenvalue weighted by Crippen LogP contribution is -1.97. The molecule has 0 atom stereocenters. The van der Waals surface area contributed by atoms with Crippen molar-refractivity contribution in [2.24, 2.45) is 0 Å². The zero-order valence-corrected chi connectivity index (χ0v) is 11.0. The van der Waals surface area contributed by atoms with Crippen LogP contribution in [0.3, 0.4) is 0 Å². The number of hydrogen-bond acceptors (Lipinski definition) is 2. The predicted molar refractivity (Wildman–Crippen MR) is 75.4 cm³/mol. The molecule has 0 N–H and O–H groups in total. The van der Waals surface area contributed by atoms with Crippen LogP contribution >= 0.6 is 15.9 Å². The van der Waals surface area contributed by atoms with E-state index in [1.54, 1.807) is 30.3 Å². The lowest BCUT2D eigenvalue weighted by Gasteiger charge is -1.99. The third kappa shape index (κ3) is 3.05. The molecule has 0 saturated carbocycles. The van der Waals surface area contributed by atoms with Crippen molar-refractivity contribution in [3.8, 4) is 0 Å². The summed E-state index contributed by atoms with van der Waals surface area (Å²) >= 11 is 3.35. The van der Waals surface area contributed by atoms with Crippen LogP contribution in [0.25, 0.3) is 11.8 Å². The van der Waals surface area contributed by atoms with E-state index in [9.17, 15) is 10.1 Å². The van der Waals surface area contributed by atoms with E-state index in [2.05, 4.69) is 15.9 Å². The van der Waals surface area contributed by atoms with E-state index in [1.807, 2.05) is 30.3 Å². The Labute approximate surface area is 113 Å². The number of nitrogens with zero attached hydrogens (tertiary/aromatic N) is 1. The maximum absolute atomic E-state index is 11.1. The molecule has 0 heterocycles. The molecule has 2 rings (SSSR count). The number of rotatable bonds is 3. The van der Waals surface area contributed by atoms with Crippen molar-refractivity contribution in [2.75, 3.05) is 0 Å². The highest BCUT2D eigenvalue weighted by Crippen LogP contribution is 2.20. The number of halogens is 1. The van der Waals surface area contributed by atoms with Crippen LogP contribution in [0.1, 0.15) is 11.1 Å². The standard InChI is InChI=1S/C14H10BrNO2/c15-13-8-4-5-11(9-13)10-14(16(17)18)12-6-2-1-3-7-12/h1-10H. The van der Waals surface area contributed by atoms with Gasteiger partial charge in [-0.15, -0.1) is 0 Å². The Kier molecular flexibility index (Phi) is 3.89. The van der Waals surface area contributed by atoms with Gasteiger partial charge in [-0.2, -0.15) is 0 Å². The van der Waals surface area contributed by atoms with Gasteiger partial charge in [0.15, 0.2) is 0 Å². The molecule has 0 amide bonds. The van der Waals surface area contributed by atoms with E-state index in [-0.39, 0.29) is 10.6 Å². The highest BCUT2D eigenvalue weighted by molar-refractivity contribution is 9.10. The second-order valence-electron chi connectivity index (χ2n) is 3.71. The molecule has 90 valence electrons. The van der Waals surface area contributed by atoms with Crippen molar-refractivity contribution in [1.82, 2.24) is 0 Å². The molecule has 0 aromatic heterocycles. The molecule has 0 aliphatic heterocycles. The van der Waals surface area contributed by atoms with Gasteiger partial charge in [0, 0.05) is 10.5 Å². The van der Waals surface area contributed by atoms with Gasteiger partial charge in [-0.05, 0) is 29.8 Å². The number of hydrogen-bond donors (Lipinski definition) is 0. The summed E-state index contributed by atoms with van der Waals surface area (Å²) in [6, 6.07) is 16.3. The van der Waals surface area contributed by atoms with Gasteiger partial charge in [0.2, 0.25) is 0 Å².